The molecule has 0 N–H and O–H groups in total. The van der Waals surface area contributed by atoms with Gasteiger partial charge in [-0.25, -0.2) is 9.48 Å². The predicted octanol–water partition coefficient (Wildman–Crippen LogP) is -0.686. The van der Waals surface area contributed by atoms with Crippen LogP contribution in [-0.4, -0.2) is 64.7 Å². The first-order chi connectivity index (χ1) is 9.20. The first-order valence-corrected chi connectivity index (χ1v) is 6.13. The number of ether oxygens (including phenoxy) is 2. The number of hydrogen-bond donors (Lipinski definition) is 0. The largest absolute Gasteiger partial charge is 0.461 e. The number of carbonyl (C=O) groups is 2. The molecule has 1 aromatic heterocycles. The van der Waals surface area contributed by atoms with Gasteiger partial charge in [0.2, 0.25) is 5.91 Å². The summed E-state index contributed by atoms with van der Waals surface area (Å²) in [5, 5.41) is 7.42. The zero-order chi connectivity index (χ0) is 13.7. The molecule has 1 saturated heterocycles. The number of amides is 1. The highest BCUT2D eigenvalue weighted by Crippen LogP contribution is 2.01. The first kappa shape index (κ1) is 13.5. The molecule has 1 amide bonds. The fourth-order valence-electron chi connectivity index (χ4n) is 1.73. The quantitative estimate of drug-likeness (QED) is 0.672. The molecule has 0 saturated carbocycles. The zero-order valence-electron chi connectivity index (χ0n) is 10.7. The van der Waals surface area contributed by atoms with E-state index in [1.165, 1.54) is 10.9 Å². The molecule has 0 radical (unpaired) electrons. The fourth-order valence-corrected chi connectivity index (χ4v) is 1.73. The van der Waals surface area contributed by atoms with Gasteiger partial charge in [0.15, 0.2) is 5.69 Å². The van der Waals surface area contributed by atoms with Gasteiger partial charge < -0.3 is 14.4 Å². The highest BCUT2D eigenvalue weighted by molar-refractivity contribution is 5.86. The average molecular weight is 268 g/mol. The molecule has 0 atom stereocenters. The highest BCUT2D eigenvalue weighted by atomic mass is 16.5. The van der Waals surface area contributed by atoms with E-state index in [-0.39, 0.29) is 24.8 Å². The van der Waals surface area contributed by atoms with Crippen LogP contribution in [0.15, 0.2) is 6.20 Å². The number of carbonyl (C=O) groups excluding carboxylic acids is 2. The van der Waals surface area contributed by atoms with Crippen LogP contribution >= 0.6 is 0 Å². The van der Waals surface area contributed by atoms with Crippen LogP contribution in [0, 0.1) is 0 Å². The van der Waals surface area contributed by atoms with E-state index in [1.807, 2.05) is 0 Å². The number of rotatable bonds is 4. The molecule has 2 heterocycles. The van der Waals surface area contributed by atoms with Crippen LogP contribution in [0.1, 0.15) is 17.4 Å². The Kier molecular flexibility index (Phi) is 4.45. The van der Waals surface area contributed by atoms with Gasteiger partial charge in [-0.3, -0.25) is 4.79 Å². The molecule has 0 unspecified atom stereocenters. The molecule has 0 spiro atoms. The van der Waals surface area contributed by atoms with Crippen molar-refractivity contribution in [3.63, 3.8) is 0 Å². The second-order valence-corrected chi connectivity index (χ2v) is 4.01. The number of esters is 1. The third-order valence-electron chi connectivity index (χ3n) is 2.68. The Balaban J connectivity index is 1.92. The summed E-state index contributed by atoms with van der Waals surface area (Å²) in [6.07, 6.45) is 1.41. The van der Waals surface area contributed by atoms with E-state index < -0.39 is 5.97 Å². The van der Waals surface area contributed by atoms with Crippen molar-refractivity contribution in [1.29, 1.82) is 0 Å². The minimum Gasteiger partial charge on any atom is -0.461 e. The summed E-state index contributed by atoms with van der Waals surface area (Å²) in [6, 6.07) is 0. The van der Waals surface area contributed by atoms with Crippen molar-refractivity contribution >= 4 is 11.9 Å². The number of hydrogen-bond acceptors (Lipinski definition) is 6. The van der Waals surface area contributed by atoms with Crippen molar-refractivity contribution in [2.24, 2.45) is 0 Å². The summed E-state index contributed by atoms with van der Waals surface area (Å²) < 4.78 is 11.3. The predicted molar refractivity (Wildman–Crippen MR) is 63.4 cm³/mol. The molecule has 2 rings (SSSR count). The van der Waals surface area contributed by atoms with E-state index in [2.05, 4.69) is 10.3 Å². The van der Waals surface area contributed by atoms with Crippen LogP contribution in [0.3, 0.4) is 0 Å². The summed E-state index contributed by atoms with van der Waals surface area (Å²) in [4.78, 5) is 25.0. The third-order valence-corrected chi connectivity index (χ3v) is 2.68. The molecule has 0 aliphatic carbocycles. The Labute approximate surface area is 110 Å². The van der Waals surface area contributed by atoms with Crippen LogP contribution in [0.5, 0.6) is 0 Å². The van der Waals surface area contributed by atoms with E-state index in [4.69, 9.17) is 9.47 Å². The maximum absolute atomic E-state index is 11.9. The van der Waals surface area contributed by atoms with Gasteiger partial charge in [0, 0.05) is 13.1 Å². The number of morpholine rings is 1. The van der Waals surface area contributed by atoms with Gasteiger partial charge in [0.25, 0.3) is 0 Å². The zero-order valence-corrected chi connectivity index (χ0v) is 10.7. The van der Waals surface area contributed by atoms with Gasteiger partial charge in [0.1, 0.15) is 6.54 Å². The molecule has 8 heteroatoms. The molecule has 1 aliphatic heterocycles. The molecule has 19 heavy (non-hydrogen) atoms. The summed E-state index contributed by atoms with van der Waals surface area (Å²) in [6.45, 7) is 4.32. The Hall–Kier alpha value is -1.96. The van der Waals surface area contributed by atoms with Gasteiger partial charge >= 0.3 is 5.97 Å². The molecule has 1 aliphatic rings. The molecular formula is C11H16N4O4. The van der Waals surface area contributed by atoms with E-state index in [1.54, 1.807) is 11.8 Å². The van der Waals surface area contributed by atoms with Gasteiger partial charge in [-0.15, -0.1) is 5.10 Å². The molecule has 0 bridgehead atoms. The smallest absolute Gasteiger partial charge is 0.360 e. The Bertz CT molecular complexity index is 453. The normalized spacial score (nSPS) is 15.3. The molecule has 8 nitrogen and oxygen atoms in total. The van der Waals surface area contributed by atoms with Crippen LogP contribution in [-0.2, 0) is 20.8 Å². The summed E-state index contributed by atoms with van der Waals surface area (Å²) in [5.41, 5.74) is 0.108. The second-order valence-electron chi connectivity index (χ2n) is 4.01. The molecule has 1 aromatic rings. The Morgan fingerprint density at radius 2 is 2.16 bits per heavy atom. The lowest BCUT2D eigenvalue weighted by Crippen LogP contribution is -2.42. The third kappa shape index (κ3) is 3.50. The minimum atomic E-state index is -0.535. The van der Waals surface area contributed by atoms with E-state index in [0.717, 1.165) is 0 Å². The molecule has 104 valence electrons. The van der Waals surface area contributed by atoms with Crippen LogP contribution in [0.25, 0.3) is 0 Å². The van der Waals surface area contributed by atoms with Crippen molar-refractivity contribution in [3.8, 4) is 0 Å². The first-order valence-electron chi connectivity index (χ1n) is 6.13. The number of aromatic nitrogens is 3. The number of nitrogens with zero attached hydrogens (tertiary/aromatic N) is 4. The van der Waals surface area contributed by atoms with Crippen molar-refractivity contribution in [2.45, 2.75) is 13.5 Å². The van der Waals surface area contributed by atoms with Crippen LogP contribution < -0.4 is 0 Å². The lowest BCUT2D eigenvalue weighted by Gasteiger charge is -2.26. The maximum Gasteiger partial charge on any atom is 0.360 e. The Morgan fingerprint density at radius 3 is 2.84 bits per heavy atom. The summed E-state index contributed by atoms with van der Waals surface area (Å²) >= 11 is 0. The van der Waals surface area contributed by atoms with Gasteiger partial charge in [-0.05, 0) is 6.92 Å². The van der Waals surface area contributed by atoms with E-state index in [9.17, 15) is 9.59 Å². The van der Waals surface area contributed by atoms with Gasteiger partial charge in [-0.2, -0.15) is 0 Å². The van der Waals surface area contributed by atoms with Crippen LogP contribution in [0.4, 0.5) is 0 Å². The van der Waals surface area contributed by atoms with Crippen molar-refractivity contribution < 1.29 is 19.1 Å². The summed E-state index contributed by atoms with van der Waals surface area (Å²) in [5.74, 6) is -0.601. The fraction of sp³-hybridized carbons (Fsp3) is 0.636. The second kappa shape index (κ2) is 6.28. The van der Waals surface area contributed by atoms with Crippen molar-refractivity contribution in [1.82, 2.24) is 19.9 Å². The molecule has 0 aromatic carbocycles. The van der Waals surface area contributed by atoms with Crippen molar-refractivity contribution in [2.75, 3.05) is 32.9 Å². The lowest BCUT2D eigenvalue weighted by molar-refractivity contribution is -0.136. The van der Waals surface area contributed by atoms with Gasteiger partial charge in [-0.1, -0.05) is 5.21 Å². The molecular weight excluding hydrogens is 252 g/mol. The monoisotopic (exact) mass is 268 g/mol. The lowest BCUT2D eigenvalue weighted by atomic mass is 10.4. The maximum atomic E-state index is 11.9. The standard InChI is InChI=1S/C11H16N4O4/c1-2-19-11(17)9-7-15(13-12-9)8-10(16)14-3-5-18-6-4-14/h7H,2-6,8H2,1H3. The van der Waals surface area contributed by atoms with E-state index in [0.29, 0.717) is 26.3 Å². The highest BCUT2D eigenvalue weighted by Gasteiger charge is 2.18. The van der Waals surface area contributed by atoms with E-state index >= 15 is 0 Å². The Morgan fingerprint density at radius 1 is 1.42 bits per heavy atom. The topological polar surface area (TPSA) is 86.5 Å². The van der Waals surface area contributed by atoms with Crippen molar-refractivity contribution in [3.05, 3.63) is 11.9 Å². The van der Waals surface area contributed by atoms with Crippen LogP contribution in [0.2, 0.25) is 0 Å². The van der Waals surface area contributed by atoms with Gasteiger partial charge in [0.05, 0.1) is 26.0 Å². The minimum absolute atomic E-state index is 0.0619. The summed E-state index contributed by atoms with van der Waals surface area (Å²) in [7, 11) is 0. The SMILES string of the molecule is CCOC(=O)c1cn(CC(=O)N2CCOCC2)nn1. The molecule has 1 fully saturated rings. The average Bonchev–Trinajstić information content (AvgIpc) is 2.88.